The zero-order chi connectivity index (χ0) is 18.2. The zero-order valence-corrected chi connectivity index (χ0v) is 14.5. The first-order chi connectivity index (χ1) is 11.8. The van der Waals surface area contributed by atoms with Gasteiger partial charge in [-0.05, 0) is 31.0 Å². The van der Waals surface area contributed by atoms with Crippen LogP contribution in [-0.2, 0) is 9.59 Å². The van der Waals surface area contributed by atoms with Gasteiger partial charge in [-0.3, -0.25) is 14.5 Å². The summed E-state index contributed by atoms with van der Waals surface area (Å²) in [5.74, 6) is -4.52. The van der Waals surface area contributed by atoms with Crippen LogP contribution in [-0.4, -0.2) is 60.3 Å². The molecule has 5 nitrogen and oxygen atoms in total. The van der Waals surface area contributed by atoms with Gasteiger partial charge in [0.05, 0.1) is 6.54 Å². The molecule has 1 heterocycles. The molecule has 0 spiro atoms. The van der Waals surface area contributed by atoms with Crippen molar-refractivity contribution in [3.05, 3.63) is 29.3 Å². The highest BCUT2D eigenvalue weighted by Crippen LogP contribution is 2.49. The lowest BCUT2D eigenvalue weighted by atomic mass is 10.1. The average Bonchev–Trinajstić information content (AvgIpc) is 3.19. The third kappa shape index (κ3) is 4.15. The van der Waals surface area contributed by atoms with Crippen LogP contribution in [0.1, 0.15) is 17.5 Å². The number of carbonyl (C=O) groups excluding carboxylic acids is 2. The van der Waals surface area contributed by atoms with E-state index in [4.69, 9.17) is 0 Å². The maximum Gasteiger partial charge on any atom is 0.260 e. The molecule has 2 amide bonds. The number of halogens is 2. The number of carbonyl (C=O) groups is 2. The molecule has 2 aliphatic rings. The Morgan fingerprint density at radius 2 is 1.84 bits per heavy atom. The number of benzene rings is 1. The summed E-state index contributed by atoms with van der Waals surface area (Å²) in [7, 11) is 0. The molecule has 1 N–H and O–H groups in total. The SMILES string of the molecule is Cc1ccc(C)c(NC(=O)CN2CCN(C(=O)C3CC3(F)F)CC2)c1. The van der Waals surface area contributed by atoms with E-state index >= 15 is 0 Å². The van der Waals surface area contributed by atoms with Gasteiger partial charge in [-0.15, -0.1) is 0 Å². The Labute approximate surface area is 146 Å². The van der Waals surface area contributed by atoms with Crippen molar-refractivity contribution in [1.29, 1.82) is 0 Å². The fourth-order valence-electron chi connectivity index (χ4n) is 3.09. The van der Waals surface area contributed by atoms with E-state index in [0.29, 0.717) is 26.2 Å². The summed E-state index contributed by atoms with van der Waals surface area (Å²) in [6.07, 6.45) is -0.329. The number of hydrogen-bond donors (Lipinski definition) is 1. The van der Waals surface area contributed by atoms with Crippen LogP contribution in [0.3, 0.4) is 0 Å². The van der Waals surface area contributed by atoms with Crippen molar-refractivity contribution in [1.82, 2.24) is 9.80 Å². The van der Waals surface area contributed by atoms with E-state index in [-0.39, 0.29) is 18.9 Å². The highest BCUT2D eigenvalue weighted by molar-refractivity contribution is 5.93. The Kier molecular flexibility index (Phi) is 4.77. The monoisotopic (exact) mass is 351 g/mol. The first kappa shape index (κ1) is 17.8. The largest absolute Gasteiger partial charge is 0.340 e. The number of piperazine rings is 1. The number of rotatable bonds is 4. The molecule has 7 heteroatoms. The summed E-state index contributed by atoms with van der Waals surface area (Å²) in [5.41, 5.74) is 2.87. The van der Waals surface area contributed by atoms with Crippen molar-refractivity contribution >= 4 is 17.5 Å². The van der Waals surface area contributed by atoms with Crippen LogP contribution in [0.4, 0.5) is 14.5 Å². The minimum atomic E-state index is -2.82. The summed E-state index contributed by atoms with van der Waals surface area (Å²) >= 11 is 0. The molecule has 0 radical (unpaired) electrons. The Bertz CT molecular complexity index is 685. The first-order valence-electron chi connectivity index (χ1n) is 8.52. The number of nitrogens with zero attached hydrogens (tertiary/aromatic N) is 2. The molecule has 0 aromatic heterocycles. The standard InChI is InChI=1S/C18H23F2N3O2/c1-12-3-4-13(2)15(9-12)21-16(24)11-22-5-7-23(8-6-22)17(25)14-10-18(14,19)20/h3-4,9,14H,5-8,10-11H2,1-2H3,(H,21,24). The van der Waals surface area contributed by atoms with Gasteiger partial charge in [-0.25, -0.2) is 8.78 Å². The minimum Gasteiger partial charge on any atom is -0.340 e. The average molecular weight is 351 g/mol. The number of aryl methyl sites for hydroxylation is 2. The molecule has 136 valence electrons. The van der Waals surface area contributed by atoms with Crippen molar-refractivity contribution in [3.8, 4) is 0 Å². The quantitative estimate of drug-likeness (QED) is 0.903. The maximum absolute atomic E-state index is 13.0. The van der Waals surface area contributed by atoms with Gasteiger partial charge < -0.3 is 10.2 Å². The predicted molar refractivity (Wildman–Crippen MR) is 90.6 cm³/mol. The van der Waals surface area contributed by atoms with Gasteiger partial charge in [0, 0.05) is 38.3 Å². The summed E-state index contributed by atoms with van der Waals surface area (Å²) < 4.78 is 26.0. The van der Waals surface area contributed by atoms with Crippen LogP contribution in [0.5, 0.6) is 0 Å². The van der Waals surface area contributed by atoms with E-state index in [0.717, 1.165) is 16.8 Å². The lowest BCUT2D eigenvalue weighted by Crippen LogP contribution is -2.51. The third-order valence-corrected chi connectivity index (χ3v) is 4.84. The van der Waals surface area contributed by atoms with E-state index < -0.39 is 17.7 Å². The molecule has 1 saturated heterocycles. The molecule has 1 aromatic carbocycles. The van der Waals surface area contributed by atoms with Gasteiger partial charge in [0.15, 0.2) is 0 Å². The third-order valence-electron chi connectivity index (χ3n) is 4.84. The van der Waals surface area contributed by atoms with Crippen LogP contribution in [0, 0.1) is 19.8 Å². The molecule has 1 aromatic rings. The topological polar surface area (TPSA) is 52.7 Å². The van der Waals surface area contributed by atoms with Crippen molar-refractivity contribution < 1.29 is 18.4 Å². The van der Waals surface area contributed by atoms with Crippen molar-refractivity contribution in [2.75, 3.05) is 38.0 Å². The fraction of sp³-hybridized carbons (Fsp3) is 0.556. The molecule has 1 aliphatic heterocycles. The Balaban J connectivity index is 1.46. The summed E-state index contributed by atoms with van der Waals surface area (Å²) in [6, 6.07) is 5.88. The second kappa shape index (κ2) is 6.71. The van der Waals surface area contributed by atoms with Crippen LogP contribution in [0.2, 0.25) is 0 Å². The van der Waals surface area contributed by atoms with Crippen molar-refractivity contribution in [3.63, 3.8) is 0 Å². The van der Waals surface area contributed by atoms with Crippen LogP contribution in [0.25, 0.3) is 0 Å². The first-order valence-corrected chi connectivity index (χ1v) is 8.52. The fourth-order valence-corrected chi connectivity index (χ4v) is 3.09. The number of nitrogens with one attached hydrogen (secondary N) is 1. The summed E-state index contributed by atoms with van der Waals surface area (Å²) in [6.45, 7) is 5.95. The molecule has 1 saturated carbocycles. The van der Waals surface area contributed by atoms with Crippen LogP contribution >= 0.6 is 0 Å². The highest BCUT2D eigenvalue weighted by atomic mass is 19.3. The van der Waals surface area contributed by atoms with Gasteiger partial charge in [0.2, 0.25) is 11.8 Å². The maximum atomic E-state index is 13.0. The Morgan fingerprint density at radius 1 is 1.20 bits per heavy atom. The summed E-state index contributed by atoms with van der Waals surface area (Å²) in [4.78, 5) is 27.6. The second-order valence-electron chi connectivity index (χ2n) is 6.99. The number of anilines is 1. The van der Waals surface area contributed by atoms with Gasteiger partial charge in [0.25, 0.3) is 5.92 Å². The van der Waals surface area contributed by atoms with Crippen molar-refractivity contribution in [2.24, 2.45) is 5.92 Å². The molecule has 1 unspecified atom stereocenters. The van der Waals surface area contributed by atoms with E-state index in [1.54, 1.807) is 0 Å². The van der Waals surface area contributed by atoms with Crippen LogP contribution in [0.15, 0.2) is 18.2 Å². The molecule has 3 rings (SSSR count). The molecule has 2 fully saturated rings. The lowest BCUT2D eigenvalue weighted by molar-refractivity contribution is -0.136. The Morgan fingerprint density at radius 3 is 2.44 bits per heavy atom. The molecule has 25 heavy (non-hydrogen) atoms. The van der Waals surface area contributed by atoms with E-state index in [1.807, 2.05) is 36.9 Å². The lowest BCUT2D eigenvalue weighted by Gasteiger charge is -2.34. The Hall–Kier alpha value is -2.02. The second-order valence-corrected chi connectivity index (χ2v) is 6.99. The summed E-state index contributed by atoms with van der Waals surface area (Å²) in [5, 5.41) is 2.91. The van der Waals surface area contributed by atoms with Gasteiger partial charge in [-0.1, -0.05) is 12.1 Å². The zero-order valence-electron chi connectivity index (χ0n) is 14.5. The van der Waals surface area contributed by atoms with Crippen LogP contribution < -0.4 is 5.32 Å². The van der Waals surface area contributed by atoms with Gasteiger partial charge >= 0.3 is 0 Å². The van der Waals surface area contributed by atoms with E-state index in [9.17, 15) is 18.4 Å². The predicted octanol–water partition coefficient (Wildman–Crippen LogP) is 2.04. The number of alkyl halides is 2. The van der Waals surface area contributed by atoms with E-state index in [2.05, 4.69) is 5.32 Å². The molecule has 1 atom stereocenters. The molecule has 1 aliphatic carbocycles. The normalized spacial score (nSPS) is 22.6. The molecular weight excluding hydrogens is 328 g/mol. The van der Waals surface area contributed by atoms with Gasteiger partial charge in [0.1, 0.15) is 5.92 Å². The molecular formula is C18H23F2N3O2. The molecule has 0 bridgehead atoms. The minimum absolute atomic E-state index is 0.109. The van der Waals surface area contributed by atoms with E-state index in [1.165, 1.54) is 4.90 Å². The van der Waals surface area contributed by atoms with Gasteiger partial charge in [-0.2, -0.15) is 0 Å². The van der Waals surface area contributed by atoms with Crippen molar-refractivity contribution in [2.45, 2.75) is 26.2 Å². The highest BCUT2D eigenvalue weighted by Gasteiger charge is 2.62. The number of hydrogen-bond acceptors (Lipinski definition) is 3. The smallest absolute Gasteiger partial charge is 0.260 e. The number of amides is 2.